The van der Waals surface area contributed by atoms with Crippen molar-refractivity contribution < 1.29 is 4.57 Å². The summed E-state index contributed by atoms with van der Waals surface area (Å²) < 4.78 is 4.68. The summed E-state index contributed by atoms with van der Waals surface area (Å²) in [5, 5.41) is 6.53. The Morgan fingerprint density at radius 2 is 1.85 bits per heavy atom. The van der Waals surface area contributed by atoms with E-state index >= 15 is 0 Å². The summed E-state index contributed by atoms with van der Waals surface area (Å²) in [7, 11) is 2.15. The molecule has 0 aliphatic rings. The topological polar surface area (TPSA) is 21.2 Å². The smallest absolute Gasteiger partial charge is 0.224 e. The van der Waals surface area contributed by atoms with Gasteiger partial charge in [-0.2, -0.15) is 0 Å². The van der Waals surface area contributed by atoms with Gasteiger partial charge in [-0.25, -0.2) is 4.57 Å². The maximum Gasteiger partial charge on any atom is 0.224 e. The van der Waals surface area contributed by atoms with Crippen LogP contribution in [0.4, 0.5) is 0 Å². The molecule has 0 amide bonds. The van der Waals surface area contributed by atoms with Crippen LogP contribution < -0.4 is 4.57 Å². The number of nitrogens with zero attached hydrogens (tertiary/aromatic N) is 3. The number of rotatable bonds is 0. The summed E-state index contributed by atoms with van der Waals surface area (Å²) in [4.78, 5) is 4.43. The molecule has 0 unspecified atom stereocenters. The Morgan fingerprint density at radius 3 is 2.73 bits per heavy atom. The van der Waals surface area contributed by atoms with Crippen molar-refractivity contribution in [2.75, 3.05) is 0 Å². The minimum absolute atomic E-state index is 1.18. The molecule has 0 saturated carbocycles. The van der Waals surface area contributed by atoms with Crippen LogP contribution in [0.3, 0.4) is 0 Å². The standard InChI is InChI=1S/C23H18N3/c1-13-11-17-16-7-9-24-12-19(16)26-18-6-4-5-15-8-10-25(3)23(21(15)18)20(14(13)2)22(17)26/h4-12H,1-3H3/q+1. The summed E-state index contributed by atoms with van der Waals surface area (Å²) in [6.45, 7) is 4.47. The van der Waals surface area contributed by atoms with E-state index in [2.05, 4.69) is 77.4 Å². The summed E-state index contributed by atoms with van der Waals surface area (Å²) in [6, 6.07) is 13.3. The molecular formula is C23H18N3+. The minimum atomic E-state index is 1.18. The number of fused-ring (bicyclic) bond motifs is 5. The van der Waals surface area contributed by atoms with Gasteiger partial charge < -0.3 is 4.40 Å². The Balaban J connectivity index is 2.18. The molecule has 0 aliphatic heterocycles. The Labute approximate surface area is 150 Å². The van der Waals surface area contributed by atoms with Crippen LogP contribution in [0.25, 0.3) is 49.0 Å². The minimum Gasteiger partial charge on any atom is -0.306 e. The highest BCUT2D eigenvalue weighted by atomic mass is 15.0. The van der Waals surface area contributed by atoms with E-state index in [0.717, 1.165) is 0 Å². The Morgan fingerprint density at radius 1 is 0.962 bits per heavy atom. The van der Waals surface area contributed by atoms with E-state index in [4.69, 9.17) is 0 Å². The normalized spacial score (nSPS) is 12.4. The molecule has 3 nitrogen and oxygen atoms in total. The van der Waals surface area contributed by atoms with Gasteiger partial charge in [0.15, 0.2) is 6.20 Å². The van der Waals surface area contributed by atoms with E-state index in [-0.39, 0.29) is 0 Å². The van der Waals surface area contributed by atoms with Gasteiger partial charge in [0.05, 0.1) is 33.5 Å². The fraction of sp³-hybridized carbons (Fsp3) is 0.130. The maximum atomic E-state index is 4.43. The van der Waals surface area contributed by atoms with Crippen molar-refractivity contribution in [3.63, 3.8) is 0 Å². The molecule has 0 N–H and O–H groups in total. The van der Waals surface area contributed by atoms with Gasteiger partial charge in [0.2, 0.25) is 5.52 Å². The molecule has 0 radical (unpaired) electrons. The monoisotopic (exact) mass is 336 g/mol. The van der Waals surface area contributed by atoms with E-state index in [9.17, 15) is 0 Å². The van der Waals surface area contributed by atoms with Crippen molar-refractivity contribution in [2.45, 2.75) is 13.8 Å². The third-order valence-electron chi connectivity index (χ3n) is 5.99. The zero-order chi connectivity index (χ0) is 17.6. The number of hydrogen-bond acceptors (Lipinski definition) is 1. The zero-order valence-electron chi connectivity index (χ0n) is 15.0. The number of pyridine rings is 3. The molecule has 3 heteroatoms. The van der Waals surface area contributed by atoms with Gasteiger partial charge in [-0.1, -0.05) is 12.1 Å². The largest absolute Gasteiger partial charge is 0.306 e. The van der Waals surface area contributed by atoms with Crippen LogP contribution in [0, 0.1) is 13.8 Å². The molecule has 0 fully saturated rings. The van der Waals surface area contributed by atoms with Gasteiger partial charge in [-0.15, -0.1) is 0 Å². The van der Waals surface area contributed by atoms with Gasteiger partial charge in [-0.05, 0) is 48.6 Å². The van der Waals surface area contributed by atoms with Crippen molar-refractivity contribution in [3.05, 3.63) is 66.1 Å². The lowest BCUT2D eigenvalue weighted by atomic mass is 9.97. The quantitative estimate of drug-likeness (QED) is 0.221. The second-order valence-corrected chi connectivity index (χ2v) is 7.33. The lowest BCUT2D eigenvalue weighted by molar-refractivity contribution is -0.643. The van der Waals surface area contributed by atoms with E-state index in [1.165, 1.54) is 60.1 Å². The molecule has 6 rings (SSSR count). The highest BCUT2D eigenvalue weighted by Crippen LogP contribution is 2.41. The van der Waals surface area contributed by atoms with Crippen LogP contribution in [0.5, 0.6) is 0 Å². The third-order valence-corrected chi connectivity index (χ3v) is 5.99. The molecule has 4 aromatic heterocycles. The van der Waals surface area contributed by atoms with E-state index in [0.29, 0.717) is 0 Å². The van der Waals surface area contributed by atoms with Crippen LogP contribution in [0.1, 0.15) is 11.1 Å². The Bertz CT molecular complexity index is 1510. The number of benzene rings is 2. The second kappa shape index (κ2) is 4.50. The van der Waals surface area contributed by atoms with Crippen LogP contribution >= 0.6 is 0 Å². The van der Waals surface area contributed by atoms with Gasteiger partial charge >= 0.3 is 0 Å². The molecular weight excluding hydrogens is 318 g/mol. The van der Waals surface area contributed by atoms with Gasteiger partial charge in [0.1, 0.15) is 7.05 Å². The average Bonchev–Trinajstić information content (AvgIpc) is 2.98. The van der Waals surface area contributed by atoms with Gasteiger partial charge in [0.25, 0.3) is 0 Å². The number of aromatic nitrogens is 3. The van der Waals surface area contributed by atoms with Gasteiger partial charge in [0, 0.05) is 23.0 Å². The average molecular weight is 336 g/mol. The molecule has 6 aromatic rings. The molecule has 4 heterocycles. The maximum absolute atomic E-state index is 4.43. The Hall–Kier alpha value is -3.20. The fourth-order valence-electron chi connectivity index (χ4n) is 4.68. The van der Waals surface area contributed by atoms with Crippen molar-refractivity contribution in [1.29, 1.82) is 0 Å². The zero-order valence-corrected chi connectivity index (χ0v) is 15.0. The van der Waals surface area contributed by atoms with Crippen LogP contribution in [0.15, 0.2) is 55.0 Å². The van der Waals surface area contributed by atoms with E-state index < -0.39 is 0 Å². The number of hydrogen-bond donors (Lipinski definition) is 0. The first kappa shape index (κ1) is 14.0. The van der Waals surface area contributed by atoms with Crippen molar-refractivity contribution in [2.24, 2.45) is 7.05 Å². The molecule has 0 saturated heterocycles. The van der Waals surface area contributed by atoms with Crippen LogP contribution in [-0.2, 0) is 7.05 Å². The highest BCUT2D eigenvalue weighted by Gasteiger charge is 2.24. The van der Waals surface area contributed by atoms with Crippen molar-refractivity contribution >= 4 is 49.0 Å². The molecule has 26 heavy (non-hydrogen) atoms. The lowest BCUT2D eigenvalue weighted by Crippen LogP contribution is -2.29. The lowest BCUT2D eigenvalue weighted by Gasteiger charge is -2.13. The molecule has 124 valence electrons. The van der Waals surface area contributed by atoms with Crippen molar-refractivity contribution in [3.8, 4) is 0 Å². The van der Waals surface area contributed by atoms with E-state index in [1.807, 2.05) is 12.4 Å². The van der Waals surface area contributed by atoms with E-state index in [1.54, 1.807) is 0 Å². The first-order valence-electron chi connectivity index (χ1n) is 8.97. The third kappa shape index (κ3) is 1.46. The van der Waals surface area contributed by atoms with Crippen LogP contribution in [-0.4, -0.2) is 9.38 Å². The molecule has 0 spiro atoms. The summed E-state index contributed by atoms with van der Waals surface area (Å²) >= 11 is 0. The van der Waals surface area contributed by atoms with Crippen molar-refractivity contribution in [1.82, 2.24) is 9.38 Å². The Kier molecular flexibility index (Phi) is 2.42. The summed E-state index contributed by atoms with van der Waals surface area (Å²) in [5.41, 5.74) is 7.73. The summed E-state index contributed by atoms with van der Waals surface area (Å²) in [6.07, 6.45) is 6.07. The van der Waals surface area contributed by atoms with Crippen LogP contribution in [0.2, 0.25) is 0 Å². The first-order chi connectivity index (χ1) is 12.7. The highest BCUT2D eigenvalue weighted by molar-refractivity contribution is 6.25. The molecule has 0 bridgehead atoms. The first-order valence-corrected chi connectivity index (χ1v) is 8.97. The predicted molar refractivity (Wildman–Crippen MR) is 107 cm³/mol. The molecule has 0 aliphatic carbocycles. The fourth-order valence-corrected chi connectivity index (χ4v) is 4.68. The SMILES string of the molecule is Cc1cc2c3ccncc3n3c4cccc5cc[n+](C)c(c(c1C)c23)c54. The predicted octanol–water partition coefficient (Wildman–Crippen LogP) is 4.83. The second-order valence-electron chi connectivity index (χ2n) is 7.33. The molecule has 2 aromatic carbocycles. The summed E-state index contributed by atoms with van der Waals surface area (Å²) in [5.74, 6) is 0. The molecule has 0 atom stereocenters. The number of aryl methyl sites for hydroxylation is 3. The van der Waals surface area contributed by atoms with Gasteiger partial charge in [-0.3, -0.25) is 4.98 Å².